The Labute approximate surface area is 185 Å². The van der Waals surface area contributed by atoms with Crippen molar-refractivity contribution >= 4 is 39.4 Å². The lowest BCUT2D eigenvalue weighted by Crippen LogP contribution is -2.12. The quantitative estimate of drug-likeness (QED) is 0.323. The van der Waals surface area contributed by atoms with Gasteiger partial charge in [0, 0.05) is 29.5 Å². The number of aromatic hydroxyl groups is 2. The van der Waals surface area contributed by atoms with Gasteiger partial charge in [-0.3, -0.25) is 4.79 Å². The lowest BCUT2D eigenvalue weighted by molar-refractivity contribution is 0.102. The fraction of sp³-hybridized carbons (Fsp3) is 0.0385. The molecule has 0 unspecified atom stereocenters. The molecule has 0 aliphatic carbocycles. The minimum atomic E-state index is -0.498. The monoisotopic (exact) mass is 423 g/mol. The van der Waals surface area contributed by atoms with Gasteiger partial charge in [-0.25, -0.2) is 0 Å². The summed E-state index contributed by atoms with van der Waals surface area (Å²) in [6.45, 7) is 0.721. The SMILES string of the molecule is O=C(Nc1ccc(N2C=CCNc3c2ccc2ccccc32)cc1)c1cccc(O)c1O. The summed E-state index contributed by atoms with van der Waals surface area (Å²) in [7, 11) is 0. The second-order valence-corrected chi connectivity index (χ2v) is 7.49. The molecule has 32 heavy (non-hydrogen) atoms. The van der Waals surface area contributed by atoms with Gasteiger partial charge < -0.3 is 25.7 Å². The second kappa shape index (κ2) is 8.00. The molecule has 4 N–H and O–H groups in total. The van der Waals surface area contributed by atoms with Crippen LogP contribution in [0.15, 0.2) is 91.1 Å². The molecule has 6 nitrogen and oxygen atoms in total. The summed E-state index contributed by atoms with van der Waals surface area (Å²) >= 11 is 0. The van der Waals surface area contributed by atoms with Crippen LogP contribution < -0.4 is 15.5 Å². The first-order chi connectivity index (χ1) is 15.6. The number of fused-ring (bicyclic) bond motifs is 3. The zero-order valence-electron chi connectivity index (χ0n) is 17.1. The molecule has 0 saturated carbocycles. The van der Waals surface area contributed by atoms with Gasteiger partial charge in [0.25, 0.3) is 5.91 Å². The Hall–Kier alpha value is -4.45. The van der Waals surface area contributed by atoms with Crippen molar-refractivity contribution < 1.29 is 15.0 Å². The van der Waals surface area contributed by atoms with Crippen LogP contribution in [0.4, 0.5) is 22.7 Å². The van der Waals surface area contributed by atoms with Crippen molar-refractivity contribution in [2.24, 2.45) is 0 Å². The third-order valence-electron chi connectivity index (χ3n) is 5.48. The molecular formula is C26H21N3O3. The van der Waals surface area contributed by atoms with E-state index in [1.807, 2.05) is 30.5 Å². The number of carbonyl (C=O) groups excluding carboxylic acids is 1. The molecule has 1 aliphatic rings. The molecule has 0 bridgehead atoms. The van der Waals surface area contributed by atoms with Crippen molar-refractivity contribution in [1.82, 2.24) is 0 Å². The molecule has 0 spiro atoms. The number of nitrogens with one attached hydrogen (secondary N) is 2. The Morgan fingerprint density at radius 1 is 0.906 bits per heavy atom. The summed E-state index contributed by atoms with van der Waals surface area (Å²) in [6, 6.07) is 24.2. The standard InChI is InChI=1S/C26H21N3O3/c30-23-8-3-7-21(25(23)31)26(32)28-18-10-12-19(13-11-18)29-16-4-15-27-24-20-6-2-1-5-17(20)9-14-22(24)29/h1-14,16,27,30-31H,15H2,(H,28,32). The first-order valence-corrected chi connectivity index (χ1v) is 10.3. The van der Waals surface area contributed by atoms with Crippen LogP contribution in [0.25, 0.3) is 10.8 Å². The average Bonchev–Trinajstić information content (AvgIpc) is 3.04. The summed E-state index contributed by atoms with van der Waals surface area (Å²) in [5, 5.41) is 28.1. The molecule has 6 heteroatoms. The maximum absolute atomic E-state index is 12.5. The minimum absolute atomic E-state index is 0.0106. The van der Waals surface area contributed by atoms with E-state index >= 15 is 0 Å². The smallest absolute Gasteiger partial charge is 0.259 e. The molecular weight excluding hydrogens is 402 g/mol. The highest BCUT2D eigenvalue weighted by Crippen LogP contribution is 2.39. The zero-order chi connectivity index (χ0) is 22.1. The van der Waals surface area contributed by atoms with Gasteiger partial charge in [-0.15, -0.1) is 0 Å². The molecule has 0 saturated heterocycles. The number of nitrogens with zero attached hydrogens (tertiary/aromatic N) is 1. The Morgan fingerprint density at radius 3 is 2.56 bits per heavy atom. The van der Waals surface area contributed by atoms with Crippen LogP contribution in [-0.2, 0) is 0 Å². The predicted molar refractivity (Wildman–Crippen MR) is 128 cm³/mol. The number of para-hydroxylation sites is 1. The van der Waals surface area contributed by atoms with E-state index in [-0.39, 0.29) is 11.3 Å². The molecule has 0 atom stereocenters. The average molecular weight is 423 g/mol. The zero-order valence-corrected chi connectivity index (χ0v) is 17.1. The lowest BCUT2D eigenvalue weighted by atomic mass is 10.1. The highest BCUT2D eigenvalue weighted by Gasteiger charge is 2.17. The van der Waals surface area contributed by atoms with Crippen molar-refractivity contribution in [3.63, 3.8) is 0 Å². The van der Waals surface area contributed by atoms with Crippen LogP contribution in [0.3, 0.4) is 0 Å². The normalized spacial score (nSPS) is 12.7. The number of phenolic OH excluding ortho intramolecular Hbond substituents is 2. The molecule has 5 rings (SSSR count). The predicted octanol–water partition coefficient (Wildman–Crippen LogP) is 5.58. The second-order valence-electron chi connectivity index (χ2n) is 7.49. The van der Waals surface area contributed by atoms with E-state index in [0.717, 1.165) is 29.0 Å². The molecule has 0 fully saturated rings. The minimum Gasteiger partial charge on any atom is -0.504 e. The topological polar surface area (TPSA) is 84.8 Å². The fourth-order valence-electron chi connectivity index (χ4n) is 3.89. The van der Waals surface area contributed by atoms with E-state index in [9.17, 15) is 15.0 Å². The molecule has 1 heterocycles. The van der Waals surface area contributed by atoms with Gasteiger partial charge in [0.2, 0.25) is 0 Å². The third-order valence-corrected chi connectivity index (χ3v) is 5.48. The highest BCUT2D eigenvalue weighted by atomic mass is 16.3. The van der Waals surface area contributed by atoms with Crippen LogP contribution in [0.5, 0.6) is 11.5 Å². The summed E-state index contributed by atoms with van der Waals surface area (Å²) in [5.74, 6) is -1.27. The number of carbonyl (C=O) groups is 1. The van der Waals surface area contributed by atoms with Gasteiger partial charge in [-0.2, -0.15) is 0 Å². The van der Waals surface area contributed by atoms with Gasteiger partial charge in [0.05, 0.1) is 16.9 Å². The van der Waals surface area contributed by atoms with Crippen LogP contribution in [-0.4, -0.2) is 22.7 Å². The number of anilines is 4. The van der Waals surface area contributed by atoms with Gasteiger partial charge >= 0.3 is 0 Å². The Morgan fingerprint density at radius 2 is 1.72 bits per heavy atom. The molecule has 0 radical (unpaired) electrons. The van der Waals surface area contributed by atoms with Gasteiger partial charge in [-0.1, -0.05) is 36.4 Å². The van der Waals surface area contributed by atoms with Crippen LogP contribution >= 0.6 is 0 Å². The molecule has 4 aromatic carbocycles. The first-order valence-electron chi connectivity index (χ1n) is 10.3. The Bertz CT molecular complexity index is 1350. The Balaban J connectivity index is 1.44. The first kappa shape index (κ1) is 19.5. The van der Waals surface area contributed by atoms with Crippen molar-refractivity contribution in [3.8, 4) is 11.5 Å². The largest absolute Gasteiger partial charge is 0.504 e. The fourth-order valence-corrected chi connectivity index (χ4v) is 3.89. The van der Waals surface area contributed by atoms with Crippen LogP contribution in [0.2, 0.25) is 0 Å². The maximum atomic E-state index is 12.5. The highest BCUT2D eigenvalue weighted by molar-refractivity contribution is 6.07. The van der Waals surface area contributed by atoms with Crippen LogP contribution in [0.1, 0.15) is 10.4 Å². The number of hydrogen-bond donors (Lipinski definition) is 4. The Kier molecular flexibility index (Phi) is 4.88. The van der Waals surface area contributed by atoms with E-state index in [2.05, 4.69) is 45.9 Å². The van der Waals surface area contributed by atoms with E-state index in [0.29, 0.717) is 5.69 Å². The van der Waals surface area contributed by atoms with E-state index in [4.69, 9.17) is 0 Å². The van der Waals surface area contributed by atoms with Gasteiger partial charge in [0.15, 0.2) is 11.5 Å². The molecule has 1 amide bonds. The van der Waals surface area contributed by atoms with Crippen molar-refractivity contribution in [1.29, 1.82) is 0 Å². The van der Waals surface area contributed by atoms with E-state index in [1.54, 1.807) is 12.1 Å². The summed E-state index contributed by atoms with van der Waals surface area (Å²) in [5.41, 5.74) is 3.65. The maximum Gasteiger partial charge on any atom is 0.259 e. The van der Waals surface area contributed by atoms with E-state index < -0.39 is 11.7 Å². The molecule has 158 valence electrons. The van der Waals surface area contributed by atoms with Crippen molar-refractivity contribution in [2.45, 2.75) is 0 Å². The number of hydrogen-bond acceptors (Lipinski definition) is 5. The van der Waals surface area contributed by atoms with Crippen molar-refractivity contribution in [3.05, 3.63) is 96.7 Å². The summed E-state index contributed by atoms with van der Waals surface area (Å²) < 4.78 is 0. The van der Waals surface area contributed by atoms with Crippen molar-refractivity contribution in [2.75, 3.05) is 22.1 Å². The summed E-state index contributed by atoms with van der Waals surface area (Å²) in [6.07, 6.45) is 4.10. The number of phenols is 2. The van der Waals surface area contributed by atoms with E-state index in [1.165, 1.54) is 23.6 Å². The summed E-state index contributed by atoms with van der Waals surface area (Å²) in [4.78, 5) is 14.6. The number of amides is 1. The third kappa shape index (κ3) is 3.48. The van der Waals surface area contributed by atoms with Gasteiger partial charge in [-0.05, 0) is 53.9 Å². The lowest BCUT2D eigenvalue weighted by Gasteiger charge is -2.23. The molecule has 4 aromatic rings. The molecule has 0 aromatic heterocycles. The number of rotatable bonds is 3. The molecule has 1 aliphatic heterocycles. The van der Waals surface area contributed by atoms with Crippen LogP contribution in [0, 0.1) is 0 Å². The van der Waals surface area contributed by atoms with Gasteiger partial charge in [0.1, 0.15) is 0 Å². The number of benzene rings is 4.